The maximum atomic E-state index is 14.7. The third kappa shape index (κ3) is 4.55. The van der Waals surface area contributed by atoms with Crippen LogP contribution in [-0.2, 0) is 4.79 Å². The van der Waals surface area contributed by atoms with Crippen molar-refractivity contribution in [1.82, 2.24) is 4.98 Å². The number of carboxylic acid groups (broad SMARTS) is 1. The van der Waals surface area contributed by atoms with E-state index in [2.05, 4.69) is 4.98 Å². The molecule has 1 saturated carbocycles. The van der Waals surface area contributed by atoms with Gasteiger partial charge in [-0.05, 0) is 43.0 Å². The lowest BCUT2D eigenvalue weighted by Gasteiger charge is -2.25. The third-order valence-corrected chi connectivity index (χ3v) is 6.01. The minimum atomic E-state index is -0.831. The molecule has 0 spiro atoms. The van der Waals surface area contributed by atoms with Crippen LogP contribution in [0.15, 0.2) is 41.6 Å². The van der Waals surface area contributed by atoms with Gasteiger partial charge in [0.15, 0.2) is 0 Å². The van der Waals surface area contributed by atoms with Crippen LogP contribution in [0.1, 0.15) is 32.1 Å². The molecule has 0 radical (unpaired) electrons. The summed E-state index contributed by atoms with van der Waals surface area (Å²) in [6.45, 7) is 0.498. The molecular formula is C20H23FN2O2S. The number of rotatable bonds is 8. The van der Waals surface area contributed by atoms with E-state index >= 15 is 0 Å². The summed E-state index contributed by atoms with van der Waals surface area (Å²) < 4.78 is 14.7. The van der Waals surface area contributed by atoms with Crippen molar-refractivity contribution in [2.24, 2.45) is 0 Å². The number of hydrogen-bond donors (Lipinski definition) is 1. The number of aromatic nitrogens is 1. The van der Waals surface area contributed by atoms with Crippen molar-refractivity contribution in [2.75, 3.05) is 18.5 Å². The molecule has 1 fully saturated rings. The highest BCUT2D eigenvalue weighted by Crippen LogP contribution is 2.40. The summed E-state index contributed by atoms with van der Waals surface area (Å²) in [6.07, 6.45) is 6.06. The molecule has 26 heavy (non-hydrogen) atoms. The van der Waals surface area contributed by atoms with Gasteiger partial charge in [-0.25, -0.2) is 9.37 Å². The van der Waals surface area contributed by atoms with Crippen LogP contribution in [0, 0.1) is 5.82 Å². The number of aliphatic carboxylic acids is 1. The Morgan fingerprint density at radius 1 is 1.38 bits per heavy atom. The highest BCUT2D eigenvalue weighted by Gasteiger charge is 2.21. The van der Waals surface area contributed by atoms with E-state index in [0.29, 0.717) is 23.9 Å². The maximum absolute atomic E-state index is 14.7. The van der Waals surface area contributed by atoms with Crippen LogP contribution in [0.5, 0.6) is 0 Å². The average Bonchev–Trinajstić information content (AvgIpc) is 2.58. The molecule has 1 aromatic heterocycles. The van der Waals surface area contributed by atoms with Crippen LogP contribution >= 0.6 is 11.8 Å². The third-order valence-electron chi connectivity index (χ3n) is 4.66. The first-order valence-corrected chi connectivity index (χ1v) is 9.77. The Morgan fingerprint density at radius 2 is 2.19 bits per heavy atom. The van der Waals surface area contributed by atoms with Gasteiger partial charge in [0.05, 0.1) is 5.69 Å². The second-order valence-electron chi connectivity index (χ2n) is 6.61. The topological polar surface area (TPSA) is 53.4 Å². The molecule has 3 rings (SSSR count). The summed E-state index contributed by atoms with van der Waals surface area (Å²) >= 11 is 1.78. The smallest absolute Gasteiger partial charge is 0.303 e. The van der Waals surface area contributed by atoms with Gasteiger partial charge in [0.25, 0.3) is 0 Å². The molecule has 2 aromatic rings. The Labute approximate surface area is 157 Å². The quantitative estimate of drug-likeness (QED) is 0.717. The minimum absolute atomic E-state index is 0.0848. The van der Waals surface area contributed by atoms with Crippen molar-refractivity contribution >= 4 is 23.4 Å². The van der Waals surface area contributed by atoms with E-state index < -0.39 is 5.97 Å². The Morgan fingerprint density at radius 3 is 2.85 bits per heavy atom. The van der Waals surface area contributed by atoms with Crippen molar-refractivity contribution in [3.63, 3.8) is 0 Å². The van der Waals surface area contributed by atoms with E-state index in [0.717, 1.165) is 16.2 Å². The van der Waals surface area contributed by atoms with Gasteiger partial charge < -0.3 is 10.0 Å². The van der Waals surface area contributed by atoms with Gasteiger partial charge in [-0.2, -0.15) is 0 Å². The maximum Gasteiger partial charge on any atom is 0.303 e. The first-order chi connectivity index (χ1) is 12.5. The fourth-order valence-corrected chi connectivity index (χ4v) is 4.24. The van der Waals surface area contributed by atoms with Gasteiger partial charge >= 0.3 is 5.97 Å². The number of carbonyl (C=O) groups is 1. The van der Waals surface area contributed by atoms with Gasteiger partial charge in [0.1, 0.15) is 10.8 Å². The molecule has 0 atom stereocenters. The number of thioether (sulfide) groups is 1. The Balaban J connectivity index is 1.76. The van der Waals surface area contributed by atoms with Crippen LogP contribution in [-0.4, -0.2) is 34.9 Å². The predicted molar refractivity (Wildman–Crippen MR) is 103 cm³/mol. The Hall–Kier alpha value is -2.08. The van der Waals surface area contributed by atoms with Gasteiger partial charge in [0, 0.05) is 37.0 Å². The molecule has 1 N–H and O–H groups in total. The molecular weight excluding hydrogens is 351 g/mol. The molecule has 1 aromatic carbocycles. The highest BCUT2D eigenvalue weighted by molar-refractivity contribution is 8.00. The highest BCUT2D eigenvalue weighted by atomic mass is 32.2. The van der Waals surface area contributed by atoms with Crippen molar-refractivity contribution in [2.45, 2.75) is 42.4 Å². The summed E-state index contributed by atoms with van der Waals surface area (Å²) in [6, 6.07) is 9.08. The Bertz CT molecular complexity index is 780. The summed E-state index contributed by atoms with van der Waals surface area (Å²) in [4.78, 5) is 16.9. The lowest BCUT2D eigenvalue weighted by molar-refractivity contribution is -0.137. The summed E-state index contributed by atoms with van der Waals surface area (Å²) in [5.41, 5.74) is 2.26. The molecule has 138 valence electrons. The molecule has 0 saturated heterocycles. The molecule has 1 aliphatic carbocycles. The first kappa shape index (κ1) is 18.7. The van der Waals surface area contributed by atoms with Crippen LogP contribution in [0.25, 0.3) is 11.1 Å². The second kappa shape index (κ2) is 8.54. The zero-order chi connectivity index (χ0) is 18.5. The number of anilines is 1. The second-order valence-corrected chi connectivity index (χ2v) is 7.90. The number of benzene rings is 1. The number of pyridine rings is 1. The summed E-state index contributed by atoms with van der Waals surface area (Å²) in [5.74, 6) is -1.13. The molecule has 0 unspecified atom stereocenters. The van der Waals surface area contributed by atoms with Crippen LogP contribution in [0.4, 0.5) is 10.1 Å². The van der Waals surface area contributed by atoms with Crippen molar-refractivity contribution in [3.05, 3.63) is 42.3 Å². The molecule has 0 bridgehead atoms. The van der Waals surface area contributed by atoms with Gasteiger partial charge in [-0.3, -0.25) is 4.79 Å². The van der Waals surface area contributed by atoms with Gasteiger partial charge in [-0.15, -0.1) is 11.8 Å². The fraction of sp³-hybridized carbons (Fsp3) is 0.400. The van der Waals surface area contributed by atoms with Crippen molar-refractivity contribution in [1.29, 1.82) is 0 Å². The van der Waals surface area contributed by atoms with Crippen LogP contribution < -0.4 is 4.90 Å². The average molecular weight is 374 g/mol. The molecule has 1 heterocycles. The van der Waals surface area contributed by atoms with E-state index in [1.165, 1.54) is 19.3 Å². The van der Waals surface area contributed by atoms with E-state index in [9.17, 15) is 9.18 Å². The zero-order valence-electron chi connectivity index (χ0n) is 14.8. The standard InChI is InChI=1S/C20H23FN2O2S/c1-23(12-4-8-19(24)25)18-10-9-14(13-17(18)21)16-7-3-11-22-20(16)26-15-5-2-6-15/h3,7,9-11,13,15H,2,4-6,8,12H2,1H3,(H,24,25). The molecule has 4 nitrogen and oxygen atoms in total. The first-order valence-electron chi connectivity index (χ1n) is 8.89. The van der Waals surface area contributed by atoms with E-state index in [4.69, 9.17) is 5.11 Å². The monoisotopic (exact) mass is 374 g/mol. The molecule has 6 heteroatoms. The van der Waals surface area contributed by atoms with Crippen LogP contribution in [0.3, 0.4) is 0 Å². The number of halogens is 1. The van der Waals surface area contributed by atoms with Crippen molar-refractivity contribution < 1.29 is 14.3 Å². The van der Waals surface area contributed by atoms with E-state index in [-0.39, 0.29) is 12.2 Å². The summed E-state index contributed by atoms with van der Waals surface area (Å²) in [7, 11) is 1.78. The number of nitrogens with zero attached hydrogens (tertiary/aromatic N) is 2. The fourth-order valence-electron chi connectivity index (χ4n) is 2.92. The zero-order valence-corrected chi connectivity index (χ0v) is 15.6. The van der Waals surface area contributed by atoms with E-state index in [1.54, 1.807) is 42.0 Å². The number of carboxylic acids is 1. The SMILES string of the molecule is CN(CCCC(=O)O)c1ccc(-c2cccnc2SC2CCC2)cc1F. The summed E-state index contributed by atoms with van der Waals surface area (Å²) in [5, 5.41) is 10.3. The lowest BCUT2D eigenvalue weighted by atomic mass is 10.00. The van der Waals surface area contributed by atoms with Gasteiger partial charge in [0.2, 0.25) is 0 Å². The normalized spacial score (nSPS) is 14.1. The molecule has 0 amide bonds. The van der Waals surface area contributed by atoms with E-state index in [1.807, 2.05) is 18.2 Å². The van der Waals surface area contributed by atoms with Gasteiger partial charge in [-0.1, -0.05) is 18.6 Å². The van der Waals surface area contributed by atoms with Crippen LogP contribution in [0.2, 0.25) is 0 Å². The lowest BCUT2D eigenvalue weighted by Crippen LogP contribution is -2.20. The van der Waals surface area contributed by atoms with Crippen molar-refractivity contribution in [3.8, 4) is 11.1 Å². The predicted octanol–water partition coefficient (Wildman–Crippen LogP) is 4.83. The Kier molecular flexibility index (Phi) is 6.14. The number of hydrogen-bond acceptors (Lipinski definition) is 4. The molecule has 0 aliphatic heterocycles. The molecule has 1 aliphatic rings. The largest absolute Gasteiger partial charge is 0.481 e. The minimum Gasteiger partial charge on any atom is -0.481 e.